The van der Waals surface area contributed by atoms with Crippen LogP contribution in [0, 0.1) is 11.3 Å². The van der Waals surface area contributed by atoms with E-state index in [1.165, 1.54) is 11.6 Å². The molecule has 1 aliphatic carbocycles. The molecule has 2 aliphatic rings. The largest absolute Gasteiger partial charge is 0.471 e. The van der Waals surface area contributed by atoms with Crippen LogP contribution in [0.25, 0.3) is 10.6 Å². The van der Waals surface area contributed by atoms with Gasteiger partial charge >= 0.3 is 12.1 Å². The van der Waals surface area contributed by atoms with Gasteiger partial charge in [-0.3, -0.25) is 4.79 Å². The number of anilines is 2. The average molecular weight is 404 g/mol. The number of carbonyl (C=O) groups excluding carboxylic acids is 1. The van der Waals surface area contributed by atoms with Gasteiger partial charge in [0.25, 0.3) is 5.92 Å². The zero-order chi connectivity index (χ0) is 19.6. The van der Waals surface area contributed by atoms with Crippen LogP contribution in [0.3, 0.4) is 0 Å². The molecule has 1 amide bonds. The lowest BCUT2D eigenvalue weighted by Gasteiger charge is -2.22. The van der Waals surface area contributed by atoms with Crippen molar-refractivity contribution in [1.29, 1.82) is 0 Å². The molecule has 1 aliphatic heterocycles. The Bertz CT molecular complexity index is 897. The molecule has 3 heterocycles. The van der Waals surface area contributed by atoms with Crippen LogP contribution >= 0.6 is 11.3 Å². The standard InChI is InChI=1S/C16H13F5N4OS/c1-14-7-25(5-9(14)15(14,17)18)11-3-2-8(4-22-11)12-23-10(6-27-12)24-13(26)16(19,20)21/h2-4,6,9H,5,7H2,1H3,(H,24,26). The first-order chi connectivity index (χ1) is 12.5. The summed E-state index contributed by atoms with van der Waals surface area (Å²) in [5.74, 6) is -5.01. The zero-order valence-electron chi connectivity index (χ0n) is 13.8. The normalized spacial score (nSPS) is 26.0. The molecule has 2 aromatic rings. The SMILES string of the molecule is CC12CN(c3ccc(-c4nc(NC(=O)C(F)(F)F)cs4)cn3)CC1C2(F)F. The van der Waals surface area contributed by atoms with Gasteiger partial charge in [-0.2, -0.15) is 13.2 Å². The van der Waals surface area contributed by atoms with E-state index in [2.05, 4.69) is 9.97 Å². The van der Waals surface area contributed by atoms with Gasteiger partial charge in [0, 0.05) is 30.2 Å². The van der Waals surface area contributed by atoms with Crippen LogP contribution < -0.4 is 10.2 Å². The van der Waals surface area contributed by atoms with Gasteiger partial charge in [0.2, 0.25) is 0 Å². The summed E-state index contributed by atoms with van der Waals surface area (Å²) in [7, 11) is 0. The highest BCUT2D eigenvalue weighted by molar-refractivity contribution is 7.13. The fraction of sp³-hybridized carbons (Fsp3) is 0.438. The number of thiazole rings is 1. The van der Waals surface area contributed by atoms with Crippen molar-refractivity contribution in [3.05, 3.63) is 23.7 Å². The third kappa shape index (κ3) is 2.84. The van der Waals surface area contributed by atoms with Gasteiger partial charge in [0.1, 0.15) is 16.6 Å². The van der Waals surface area contributed by atoms with Gasteiger partial charge in [-0.1, -0.05) is 6.92 Å². The van der Waals surface area contributed by atoms with Crippen LogP contribution in [0.5, 0.6) is 0 Å². The van der Waals surface area contributed by atoms with Crippen molar-refractivity contribution < 1.29 is 26.7 Å². The second-order valence-electron chi connectivity index (χ2n) is 6.87. The first-order valence-corrected chi connectivity index (χ1v) is 8.83. The number of rotatable bonds is 3. The first kappa shape index (κ1) is 18.1. The van der Waals surface area contributed by atoms with E-state index in [0.29, 0.717) is 16.4 Å². The Morgan fingerprint density at radius 1 is 1.37 bits per heavy atom. The molecule has 0 aromatic carbocycles. The fourth-order valence-corrected chi connectivity index (χ4v) is 4.16. The smallest absolute Gasteiger partial charge is 0.355 e. The van der Waals surface area contributed by atoms with Gasteiger partial charge in [0.15, 0.2) is 0 Å². The van der Waals surface area contributed by atoms with Crippen molar-refractivity contribution in [3.8, 4) is 10.6 Å². The topological polar surface area (TPSA) is 58.1 Å². The summed E-state index contributed by atoms with van der Waals surface area (Å²) >= 11 is 1.05. The third-order valence-corrected chi connectivity index (χ3v) is 6.02. The number of aromatic nitrogens is 2. The summed E-state index contributed by atoms with van der Waals surface area (Å²) in [5.41, 5.74) is -0.453. The number of nitrogens with one attached hydrogen (secondary N) is 1. The Kier molecular flexibility index (Phi) is 3.75. The number of hydrogen-bond acceptors (Lipinski definition) is 5. The highest BCUT2D eigenvalue weighted by Crippen LogP contribution is 2.69. The molecule has 27 heavy (non-hydrogen) atoms. The molecule has 5 nitrogen and oxygen atoms in total. The minimum Gasteiger partial charge on any atom is -0.355 e. The van der Waals surface area contributed by atoms with Gasteiger partial charge < -0.3 is 10.2 Å². The number of halogens is 5. The molecule has 11 heteroatoms. The lowest BCUT2D eigenvalue weighted by atomic mass is 10.1. The summed E-state index contributed by atoms with van der Waals surface area (Å²) in [6.07, 6.45) is -3.51. The molecule has 0 bridgehead atoms. The highest BCUT2D eigenvalue weighted by atomic mass is 32.1. The molecule has 0 spiro atoms. The van der Waals surface area contributed by atoms with Crippen LogP contribution in [0.15, 0.2) is 23.7 Å². The molecule has 2 unspecified atom stereocenters. The Hall–Kier alpha value is -2.30. The van der Waals surface area contributed by atoms with Gasteiger partial charge in [-0.15, -0.1) is 11.3 Å². The first-order valence-electron chi connectivity index (χ1n) is 7.95. The minimum absolute atomic E-state index is 0.198. The second kappa shape index (κ2) is 5.60. The highest BCUT2D eigenvalue weighted by Gasteiger charge is 2.81. The quantitative estimate of drug-likeness (QED) is 0.791. The maximum Gasteiger partial charge on any atom is 0.471 e. The van der Waals surface area contributed by atoms with Crippen LogP contribution in [0.1, 0.15) is 6.92 Å². The molecule has 4 rings (SSSR count). The van der Waals surface area contributed by atoms with E-state index in [9.17, 15) is 26.7 Å². The van der Waals surface area contributed by atoms with E-state index in [1.54, 1.807) is 29.3 Å². The van der Waals surface area contributed by atoms with E-state index in [-0.39, 0.29) is 18.9 Å². The molecular formula is C16H13F5N4OS. The Balaban J connectivity index is 1.44. The summed E-state index contributed by atoms with van der Waals surface area (Å²) in [4.78, 5) is 20.9. The molecule has 1 saturated carbocycles. The molecule has 1 N–H and O–H groups in total. The number of carbonyl (C=O) groups is 1. The number of alkyl halides is 5. The fourth-order valence-electron chi connectivity index (χ4n) is 3.41. The maximum atomic E-state index is 13.6. The lowest BCUT2D eigenvalue weighted by molar-refractivity contribution is -0.167. The minimum atomic E-state index is -4.99. The van der Waals surface area contributed by atoms with E-state index in [1.807, 2.05) is 0 Å². The number of fused-ring (bicyclic) bond motifs is 1. The molecule has 144 valence electrons. The van der Waals surface area contributed by atoms with Gasteiger partial charge in [0.05, 0.1) is 11.3 Å². The molecule has 2 aromatic heterocycles. The zero-order valence-corrected chi connectivity index (χ0v) is 14.7. The number of pyridine rings is 1. The van der Waals surface area contributed by atoms with E-state index < -0.39 is 29.3 Å². The van der Waals surface area contributed by atoms with E-state index in [4.69, 9.17) is 0 Å². The van der Waals surface area contributed by atoms with Crippen molar-refractivity contribution in [2.24, 2.45) is 11.3 Å². The number of nitrogens with zero attached hydrogens (tertiary/aromatic N) is 3. The average Bonchev–Trinajstić information content (AvgIpc) is 3.04. The lowest BCUT2D eigenvalue weighted by Crippen LogP contribution is -2.30. The Morgan fingerprint density at radius 2 is 2.11 bits per heavy atom. The molecule has 2 atom stereocenters. The van der Waals surface area contributed by atoms with Gasteiger partial charge in [-0.25, -0.2) is 18.7 Å². The second-order valence-corrected chi connectivity index (χ2v) is 7.73. The maximum absolute atomic E-state index is 13.6. The van der Waals surface area contributed by atoms with Crippen LogP contribution in [-0.2, 0) is 4.79 Å². The number of hydrogen-bond donors (Lipinski definition) is 1. The van der Waals surface area contributed by atoms with Crippen molar-refractivity contribution in [1.82, 2.24) is 9.97 Å². The van der Waals surface area contributed by atoms with Crippen molar-refractivity contribution in [3.63, 3.8) is 0 Å². The molecular weight excluding hydrogens is 391 g/mol. The summed E-state index contributed by atoms with van der Waals surface area (Å²) in [5, 5.41) is 3.36. The number of piperidine rings is 1. The van der Waals surface area contributed by atoms with Crippen molar-refractivity contribution >= 4 is 28.9 Å². The molecule has 0 radical (unpaired) electrons. The third-order valence-electron chi connectivity index (χ3n) is 5.13. The Labute approximate surface area is 154 Å². The Morgan fingerprint density at radius 3 is 2.67 bits per heavy atom. The molecule has 2 fully saturated rings. The van der Waals surface area contributed by atoms with Crippen LogP contribution in [-0.4, -0.2) is 41.1 Å². The van der Waals surface area contributed by atoms with Gasteiger partial charge in [-0.05, 0) is 12.1 Å². The summed E-state index contributed by atoms with van der Waals surface area (Å²) < 4.78 is 64.0. The summed E-state index contributed by atoms with van der Waals surface area (Å²) in [6, 6.07) is 3.33. The van der Waals surface area contributed by atoms with Crippen molar-refractivity contribution in [2.45, 2.75) is 19.0 Å². The monoisotopic (exact) mass is 404 g/mol. The van der Waals surface area contributed by atoms with Crippen molar-refractivity contribution in [2.75, 3.05) is 23.3 Å². The predicted molar refractivity (Wildman–Crippen MR) is 88.8 cm³/mol. The summed E-state index contributed by atoms with van der Waals surface area (Å²) in [6.45, 7) is 2.03. The predicted octanol–water partition coefficient (Wildman–Crippen LogP) is 3.80. The van der Waals surface area contributed by atoms with Crippen LogP contribution in [0.4, 0.5) is 33.6 Å². The molecule has 1 saturated heterocycles. The number of amides is 1. The van der Waals surface area contributed by atoms with Crippen LogP contribution in [0.2, 0.25) is 0 Å². The van der Waals surface area contributed by atoms with E-state index >= 15 is 0 Å². The van der Waals surface area contributed by atoms with E-state index in [0.717, 1.165) is 11.3 Å².